The number of piperidine rings is 1. The zero-order chi connectivity index (χ0) is 27.6. The van der Waals surface area contributed by atoms with Crippen molar-refractivity contribution in [2.24, 2.45) is 0 Å². The number of carbonyl (C=O) groups is 2. The number of H-pyrrole nitrogens is 2. The number of halogens is 3. The Labute approximate surface area is 224 Å². The molecule has 2 aromatic carbocycles. The molecule has 2 aromatic heterocycles. The Morgan fingerprint density at radius 2 is 1.79 bits per heavy atom. The van der Waals surface area contributed by atoms with Gasteiger partial charge in [-0.1, -0.05) is 12.1 Å². The van der Waals surface area contributed by atoms with Crippen molar-refractivity contribution in [2.75, 3.05) is 18.4 Å². The monoisotopic (exact) mass is 559 g/mol. The van der Waals surface area contributed by atoms with E-state index in [2.05, 4.69) is 20.3 Å². The van der Waals surface area contributed by atoms with Gasteiger partial charge in [0.25, 0.3) is 0 Å². The fourth-order valence-corrected chi connectivity index (χ4v) is 5.39. The number of nitrogens with zero attached hydrogens (tertiary/aromatic N) is 2. The quantitative estimate of drug-likeness (QED) is 0.297. The van der Waals surface area contributed by atoms with Crippen LogP contribution in [0.5, 0.6) is 5.88 Å². The number of rotatable bonds is 6. The first-order valence-electron chi connectivity index (χ1n) is 12.2. The van der Waals surface area contributed by atoms with E-state index in [1.54, 1.807) is 28.5 Å². The van der Waals surface area contributed by atoms with E-state index >= 15 is 0 Å². The number of amides is 2. The van der Waals surface area contributed by atoms with E-state index in [-0.39, 0.29) is 29.8 Å². The maximum absolute atomic E-state index is 12.7. The number of likely N-dealkylation sites (tertiary alicyclic amines) is 1. The van der Waals surface area contributed by atoms with E-state index < -0.39 is 17.8 Å². The highest BCUT2D eigenvalue weighted by molar-refractivity contribution is 7.09. The lowest BCUT2D eigenvalue weighted by molar-refractivity contribution is -0.137. The summed E-state index contributed by atoms with van der Waals surface area (Å²) in [6.45, 7) is 1.10. The summed E-state index contributed by atoms with van der Waals surface area (Å²) < 4.78 is 43.4. The van der Waals surface area contributed by atoms with Gasteiger partial charge in [0.05, 0.1) is 27.0 Å². The van der Waals surface area contributed by atoms with Crippen molar-refractivity contribution in [3.05, 3.63) is 74.5 Å². The van der Waals surface area contributed by atoms with Gasteiger partial charge in [-0.05, 0) is 55.2 Å². The number of ether oxygens (including phenoxy) is 1. The summed E-state index contributed by atoms with van der Waals surface area (Å²) in [7, 11) is 0. The molecular formula is C26H24F3N5O4S. The van der Waals surface area contributed by atoms with Crippen LogP contribution in [-0.2, 0) is 17.4 Å². The van der Waals surface area contributed by atoms with Crippen LogP contribution in [0, 0.1) is 0 Å². The number of aryl methyl sites for hydroxylation is 1. The lowest BCUT2D eigenvalue weighted by atomic mass is 9.97. The number of imidazole rings is 1. The van der Waals surface area contributed by atoms with Gasteiger partial charge in [-0.2, -0.15) is 13.2 Å². The van der Waals surface area contributed by atoms with E-state index in [1.165, 1.54) is 23.5 Å². The van der Waals surface area contributed by atoms with Crippen molar-refractivity contribution < 1.29 is 27.5 Å². The number of hydrogen-bond acceptors (Lipinski definition) is 6. The normalized spacial score (nSPS) is 14.5. The van der Waals surface area contributed by atoms with E-state index in [0.29, 0.717) is 54.6 Å². The second-order valence-electron chi connectivity index (χ2n) is 9.23. The van der Waals surface area contributed by atoms with Gasteiger partial charge in [-0.25, -0.2) is 14.6 Å². The van der Waals surface area contributed by atoms with Crippen LogP contribution in [0.4, 0.5) is 23.7 Å². The first-order chi connectivity index (χ1) is 18.6. The van der Waals surface area contributed by atoms with Crippen LogP contribution in [-0.4, -0.2) is 44.9 Å². The molecule has 0 radical (unpaired) electrons. The molecule has 1 saturated heterocycles. The van der Waals surface area contributed by atoms with Crippen molar-refractivity contribution in [1.29, 1.82) is 0 Å². The van der Waals surface area contributed by atoms with Crippen molar-refractivity contribution in [3.8, 4) is 5.88 Å². The van der Waals surface area contributed by atoms with Crippen LogP contribution < -0.4 is 15.7 Å². The number of alkyl halides is 3. The summed E-state index contributed by atoms with van der Waals surface area (Å²) >= 11 is 1.39. The highest BCUT2D eigenvalue weighted by Crippen LogP contribution is 2.33. The van der Waals surface area contributed by atoms with Crippen LogP contribution in [0.1, 0.15) is 41.3 Å². The molecule has 0 spiro atoms. The summed E-state index contributed by atoms with van der Waals surface area (Å²) in [5, 5.41) is 5.08. The molecule has 4 aromatic rings. The summed E-state index contributed by atoms with van der Waals surface area (Å²) in [4.78, 5) is 47.8. The number of nitrogens with one attached hydrogen (secondary N) is 3. The molecule has 9 nitrogen and oxygen atoms in total. The smallest absolute Gasteiger partial charge is 0.390 e. The van der Waals surface area contributed by atoms with E-state index in [9.17, 15) is 27.6 Å². The molecule has 0 atom stereocenters. The predicted octanol–water partition coefficient (Wildman–Crippen LogP) is 5.28. The molecule has 39 heavy (non-hydrogen) atoms. The Morgan fingerprint density at radius 3 is 2.51 bits per heavy atom. The van der Waals surface area contributed by atoms with E-state index in [4.69, 9.17) is 4.74 Å². The molecule has 3 heterocycles. The van der Waals surface area contributed by atoms with Gasteiger partial charge in [-0.15, -0.1) is 11.3 Å². The molecular weight excluding hydrogens is 535 g/mol. The van der Waals surface area contributed by atoms with Crippen LogP contribution in [0.25, 0.3) is 11.0 Å². The molecule has 1 fully saturated rings. The molecule has 0 aliphatic carbocycles. The number of fused-ring (bicyclic) bond motifs is 1. The average molecular weight is 560 g/mol. The number of thiazole rings is 1. The third kappa shape index (κ3) is 6.48. The van der Waals surface area contributed by atoms with Crippen molar-refractivity contribution >= 4 is 40.1 Å². The lowest BCUT2D eigenvalue weighted by Gasteiger charge is -2.31. The Balaban J connectivity index is 1.08. The molecule has 3 N–H and O–H groups in total. The van der Waals surface area contributed by atoms with Crippen molar-refractivity contribution in [1.82, 2.24) is 19.9 Å². The van der Waals surface area contributed by atoms with Crippen LogP contribution in [0.15, 0.2) is 52.6 Å². The third-order valence-electron chi connectivity index (χ3n) is 6.57. The van der Waals surface area contributed by atoms with Crippen molar-refractivity contribution in [3.63, 3.8) is 0 Å². The molecule has 1 aliphatic heterocycles. The number of anilines is 1. The molecule has 2 amide bonds. The van der Waals surface area contributed by atoms with E-state index in [1.807, 2.05) is 0 Å². The summed E-state index contributed by atoms with van der Waals surface area (Å²) in [5.74, 6) is 0.274. The lowest BCUT2D eigenvalue weighted by Crippen LogP contribution is -2.38. The predicted molar refractivity (Wildman–Crippen MR) is 139 cm³/mol. The van der Waals surface area contributed by atoms with Gasteiger partial charge in [0.2, 0.25) is 11.8 Å². The van der Waals surface area contributed by atoms with Gasteiger partial charge in [0.1, 0.15) is 0 Å². The third-order valence-corrected chi connectivity index (χ3v) is 7.55. The summed E-state index contributed by atoms with van der Waals surface area (Å²) in [5.41, 5.74) is 1.27. The SMILES string of the molecule is O=C(Nc1ccc2[nH]c(=O)[nH]c2c1)Oc1csc(C2CCN(C(=O)CCc3ccc(C(F)(F)F)cc3)CC2)n1. The van der Waals surface area contributed by atoms with Crippen LogP contribution >= 0.6 is 11.3 Å². The minimum absolute atomic E-state index is 0.0323. The number of carbonyl (C=O) groups excluding carboxylic acids is 2. The van der Waals surface area contributed by atoms with Gasteiger partial charge in [-0.3, -0.25) is 10.1 Å². The Bertz CT molecular complexity index is 1540. The van der Waals surface area contributed by atoms with E-state index in [0.717, 1.165) is 17.1 Å². The maximum Gasteiger partial charge on any atom is 0.418 e. The second kappa shape index (κ2) is 10.9. The largest absolute Gasteiger partial charge is 0.418 e. The Hall–Kier alpha value is -4.13. The number of hydrogen-bond donors (Lipinski definition) is 3. The molecule has 0 unspecified atom stereocenters. The molecule has 204 valence electrons. The summed E-state index contributed by atoms with van der Waals surface area (Å²) in [6.07, 6.45) is -3.06. The number of aromatic amines is 2. The number of benzene rings is 2. The molecule has 5 rings (SSSR count). The molecule has 0 saturated carbocycles. The second-order valence-corrected chi connectivity index (χ2v) is 10.1. The standard InChI is InChI=1S/C26H24F3N5O4S/c27-26(28,29)17-4-1-15(2-5-17)3-8-22(35)34-11-9-16(10-12-34)23-33-21(14-39-23)38-25(37)30-18-6-7-19-20(13-18)32-24(36)31-19/h1-2,4-7,13-14,16H,3,8-12H2,(H,30,37)(H2,31,32,36). The fourth-order valence-electron chi connectivity index (χ4n) is 4.50. The Morgan fingerprint density at radius 1 is 1.08 bits per heavy atom. The van der Waals surface area contributed by atoms with Crippen LogP contribution in [0.2, 0.25) is 0 Å². The first kappa shape index (κ1) is 26.5. The minimum Gasteiger partial charge on any atom is -0.390 e. The Kier molecular flexibility index (Phi) is 7.42. The number of aromatic nitrogens is 3. The molecule has 1 aliphatic rings. The minimum atomic E-state index is -4.38. The van der Waals surface area contributed by atoms with Gasteiger partial charge in [0, 0.05) is 31.1 Å². The fraction of sp³-hybridized carbons (Fsp3) is 0.308. The zero-order valence-corrected chi connectivity index (χ0v) is 21.3. The summed E-state index contributed by atoms with van der Waals surface area (Å²) in [6, 6.07) is 9.80. The molecule has 13 heteroatoms. The highest BCUT2D eigenvalue weighted by atomic mass is 32.1. The van der Waals surface area contributed by atoms with Crippen molar-refractivity contribution in [2.45, 2.75) is 37.8 Å². The highest BCUT2D eigenvalue weighted by Gasteiger charge is 2.30. The topological polar surface area (TPSA) is 120 Å². The average Bonchev–Trinajstić information content (AvgIpc) is 3.52. The van der Waals surface area contributed by atoms with Crippen LogP contribution in [0.3, 0.4) is 0 Å². The van der Waals surface area contributed by atoms with Gasteiger partial charge >= 0.3 is 18.0 Å². The molecule has 0 bridgehead atoms. The first-order valence-corrected chi connectivity index (χ1v) is 13.1. The van der Waals surface area contributed by atoms with Gasteiger partial charge in [0.15, 0.2) is 0 Å². The van der Waals surface area contributed by atoms with Gasteiger partial charge < -0.3 is 19.6 Å². The zero-order valence-electron chi connectivity index (χ0n) is 20.5. The maximum atomic E-state index is 12.7.